The van der Waals surface area contributed by atoms with Crippen LogP contribution in [-0.2, 0) is 4.79 Å². The van der Waals surface area contributed by atoms with Crippen LogP contribution in [-0.4, -0.2) is 11.1 Å². The van der Waals surface area contributed by atoms with Crippen molar-refractivity contribution in [3.8, 4) is 0 Å². The maximum absolute atomic E-state index is 10.6. The highest BCUT2D eigenvalue weighted by Gasteiger charge is 2.33. The molecule has 1 aliphatic rings. The third kappa shape index (κ3) is 2.71. The van der Waals surface area contributed by atoms with Crippen LogP contribution in [0.3, 0.4) is 0 Å². The zero-order chi connectivity index (χ0) is 9.90. The molecule has 0 amide bonds. The van der Waals surface area contributed by atoms with E-state index in [9.17, 15) is 4.79 Å². The van der Waals surface area contributed by atoms with Gasteiger partial charge < -0.3 is 5.11 Å². The molecular formula is C11H20O2. The van der Waals surface area contributed by atoms with Crippen LogP contribution in [0.1, 0.15) is 52.4 Å². The average Bonchev–Trinajstić information content (AvgIpc) is 2.04. The summed E-state index contributed by atoms with van der Waals surface area (Å²) in [6, 6.07) is 0. The van der Waals surface area contributed by atoms with Crippen molar-refractivity contribution in [2.75, 3.05) is 0 Å². The standard InChI is InChI=1S/C11H20O2/c1-9(8-10(12)13)11(2)6-4-3-5-7-11/h9H,3-8H2,1-2H3,(H,12,13). The van der Waals surface area contributed by atoms with Gasteiger partial charge in [-0.1, -0.05) is 33.1 Å². The highest BCUT2D eigenvalue weighted by molar-refractivity contribution is 5.67. The Morgan fingerprint density at radius 2 is 1.92 bits per heavy atom. The summed E-state index contributed by atoms with van der Waals surface area (Å²) < 4.78 is 0. The second-order valence-corrected chi connectivity index (χ2v) is 4.71. The molecule has 0 bridgehead atoms. The van der Waals surface area contributed by atoms with Crippen LogP contribution in [0.5, 0.6) is 0 Å². The third-order valence-corrected chi connectivity index (χ3v) is 3.67. The van der Waals surface area contributed by atoms with E-state index in [2.05, 4.69) is 13.8 Å². The predicted molar refractivity (Wildman–Crippen MR) is 52.6 cm³/mol. The molecule has 13 heavy (non-hydrogen) atoms. The summed E-state index contributed by atoms with van der Waals surface area (Å²) in [5.41, 5.74) is 0.288. The fourth-order valence-corrected chi connectivity index (χ4v) is 2.36. The lowest BCUT2D eigenvalue weighted by Gasteiger charge is -2.38. The molecule has 0 saturated heterocycles. The number of carbonyl (C=O) groups is 1. The van der Waals surface area contributed by atoms with Gasteiger partial charge in [-0.05, 0) is 24.2 Å². The van der Waals surface area contributed by atoms with E-state index in [-0.39, 0.29) is 5.41 Å². The van der Waals surface area contributed by atoms with Gasteiger partial charge in [-0.25, -0.2) is 0 Å². The van der Waals surface area contributed by atoms with E-state index < -0.39 is 5.97 Å². The van der Waals surface area contributed by atoms with Crippen molar-refractivity contribution in [2.45, 2.75) is 52.4 Å². The van der Waals surface area contributed by atoms with Gasteiger partial charge in [0.1, 0.15) is 0 Å². The van der Waals surface area contributed by atoms with E-state index in [4.69, 9.17) is 5.11 Å². The number of carboxylic acids is 1. The summed E-state index contributed by atoms with van der Waals surface area (Å²) in [5.74, 6) is -0.329. The van der Waals surface area contributed by atoms with Gasteiger partial charge in [-0.3, -0.25) is 4.79 Å². The molecule has 1 saturated carbocycles. The van der Waals surface area contributed by atoms with E-state index in [0.29, 0.717) is 12.3 Å². The first kappa shape index (κ1) is 10.6. The van der Waals surface area contributed by atoms with Crippen LogP contribution in [0, 0.1) is 11.3 Å². The number of hydrogen-bond donors (Lipinski definition) is 1. The lowest BCUT2D eigenvalue weighted by molar-refractivity contribution is -0.139. The summed E-state index contributed by atoms with van der Waals surface area (Å²) in [5, 5.41) is 8.73. The maximum Gasteiger partial charge on any atom is 0.303 e. The molecule has 0 aromatic carbocycles. The molecule has 1 N–H and O–H groups in total. The van der Waals surface area contributed by atoms with E-state index >= 15 is 0 Å². The quantitative estimate of drug-likeness (QED) is 0.732. The molecule has 0 spiro atoms. The van der Waals surface area contributed by atoms with Crippen molar-refractivity contribution in [2.24, 2.45) is 11.3 Å². The molecule has 1 fully saturated rings. The van der Waals surface area contributed by atoms with Gasteiger partial charge in [0.05, 0.1) is 0 Å². The molecule has 0 aromatic heterocycles. The molecule has 1 atom stereocenters. The molecule has 0 aromatic rings. The summed E-state index contributed by atoms with van der Waals surface area (Å²) in [4.78, 5) is 10.6. The number of carboxylic acid groups (broad SMARTS) is 1. The Labute approximate surface area is 80.3 Å². The van der Waals surface area contributed by atoms with Crippen molar-refractivity contribution in [3.63, 3.8) is 0 Å². The second-order valence-electron chi connectivity index (χ2n) is 4.71. The largest absolute Gasteiger partial charge is 0.481 e. The molecule has 2 nitrogen and oxygen atoms in total. The van der Waals surface area contributed by atoms with Crippen molar-refractivity contribution in [1.82, 2.24) is 0 Å². The molecule has 1 unspecified atom stereocenters. The Balaban J connectivity index is 2.51. The zero-order valence-corrected chi connectivity index (χ0v) is 8.68. The van der Waals surface area contributed by atoms with Crippen LogP contribution >= 0.6 is 0 Å². The van der Waals surface area contributed by atoms with Crippen molar-refractivity contribution in [1.29, 1.82) is 0 Å². The first-order valence-corrected chi connectivity index (χ1v) is 5.26. The minimum atomic E-state index is -0.653. The molecule has 76 valence electrons. The Bertz CT molecular complexity index is 181. The Hall–Kier alpha value is -0.530. The summed E-state index contributed by atoms with van der Waals surface area (Å²) >= 11 is 0. The minimum absolute atomic E-state index is 0.288. The zero-order valence-electron chi connectivity index (χ0n) is 8.68. The van der Waals surface area contributed by atoms with Gasteiger partial charge in [-0.15, -0.1) is 0 Å². The van der Waals surface area contributed by atoms with Crippen LogP contribution in [0.4, 0.5) is 0 Å². The van der Waals surface area contributed by atoms with Gasteiger partial charge in [-0.2, -0.15) is 0 Å². The lowest BCUT2D eigenvalue weighted by atomic mass is 9.67. The van der Waals surface area contributed by atoms with E-state index in [0.717, 1.165) is 0 Å². The van der Waals surface area contributed by atoms with Gasteiger partial charge in [0.25, 0.3) is 0 Å². The van der Waals surface area contributed by atoms with Crippen LogP contribution in [0.2, 0.25) is 0 Å². The topological polar surface area (TPSA) is 37.3 Å². The molecular weight excluding hydrogens is 164 g/mol. The summed E-state index contributed by atoms with van der Waals surface area (Å²) in [7, 11) is 0. The third-order valence-electron chi connectivity index (χ3n) is 3.67. The van der Waals surface area contributed by atoms with Gasteiger partial charge in [0.2, 0.25) is 0 Å². The first-order valence-electron chi connectivity index (χ1n) is 5.26. The normalized spacial score (nSPS) is 23.8. The van der Waals surface area contributed by atoms with Crippen LogP contribution in [0.25, 0.3) is 0 Å². The van der Waals surface area contributed by atoms with Crippen molar-refractivity contribution < 1.29 is 9.90 Å². The van der Waals surface area contributed by atoms with E-state index in [1.54, 1.807) is 0 Å². The molecule has 0 aliphatic heterocycles. The minimum Gasteiger partial charge on any atom is -0.481 e. The first-order chi connectivity index (χ1) is 6.04. The lowest BCUT2D eigenvalue weighted by Crippen LogP contribution is -2.29. The molecule has 1 aliphatic carbocycles. The summed E-state index contributed by atoms with van der Waals surface area (Å²) in [6.45, 7) is 4.33. The summed E-state index contributed by atoms with van der Waals surface area (Å²) in [6.07, 6.45) is 6.63. The fourth-order valence-electron chi connectivity index (χ4n) is 2.36. The van der Waals surface area contributed by atoms with E-state index in [1.165, 1.54) is 32.1 Å². The monoisotopic (exact) mass is 184 g/mol. The molecule has 0 radical (unpaired) electrons. The second kappa shape index (κ2) is 4.12. The van der Waals surface area contributed by atoms with Crippen LogP contribution in [0.15, 0.2) is 0 Å². The van der Waals surface area contributed by atoms with Gasteiger partial charge in [0.15, 0.2) is 0 Å². The van der Waals surface area contributed by atoms with Crippen molar-refractivity contribution >= 4 is 5.97 Å². The van der Waals surface area contributed by atoms with Crippen molar-refractivity contribution in [3.05, 3.63) is 0 Å². The van der Waals surface area contributed by atoms with Gasteiger partial charge in [0, 0.05) is 6.42 Å². The predicted octanol–water partition coefficient (Wildman–Crippen LogP) is 3.07. The van der Waals surface area contributed by atoms with E-state index in [1.807, 2.05) is 0 Å². The highest BCUT2D eigenvalue weighted by Crippen LogP contribution is 2.43. The SMILES string of the molecule is CC(CC(=O)O)C1(C)CCCCC1. The highest BCUT2D eigenvalue weighted by atomic mass is 16.4. The molecule has 2 heteroatoms. The Kier molecular flexibility index (Phi) is 3.34. The maximum atomic E-state index is 10.6. The number of hydrogen-bond acceptors (Lipinski definition) is 1. The fraction of sp³-hybridized carbons (Fsp3) is 0.909. The smallest absolute Gasteiger partial charge is 0.303 e. The Morgan fingerprint density at radius 3 is 2.38 bits per heavy atom. The average molecular weight is 184 g/mol. The molecule has 0 heterocycles. The van der Waals surface area contributed by atoms with Crippen LogP contribution < -0.4 is 0 Å². The Morgan fingerprint density at radius 1 is 1.38 bits per heavy atom. The number of aliphatic carboxylic acids is 1. The number of rotatable bonds is 3. The molecule has 1 rings (SSSR count). The van der Waals surface area contributed by atoms with Gasteiger partial charge >= 0.3 is 5.97 Å².